The fourth-order valence-electron chi connectivity index (χ4n) is 2.11. The van der Waals surface area contributed by atoms with Crippen molar-refractivity contribution in [2.75, 3.05) is 5.32 Å². The number of halogens is 1. The second kappa shape index (κ2) is 4.14. The molecule has 1 aromatic carbocycles. The number of H-pyrrole nitrogens is 1. The van der Waals surface area contributed by atoms with Crippen LogP contribution in [0.4, 0.5) is 5.82 Å². The van der Waals surface area contributed by atoms with E-state index in [1.54, 1.807) is 12.3 Å². The molecule has 5 heteroatoms. The molecule has 1 amide bonds. The molecule has 2 aromatic rings. The Morgan fingerprint density at radius 2 is 2.00 bits per heavy atom. The van der Waals surface area contributed by atoms with Gasteiger partial charge in [-0.2, -0.15) is 5.10 Å². The summed E-state index contributed by atoms with van der Waals surface area (Å²) in [5, 5.41) is 10.1. The number of aromatic nitrogens is 2. The van der Waals surface area contributed by atoms with E-state index in [2.05, 4.69) is 15.5 Å². The first-order valence-corrected chi connectivity index (χ1v) is 6.15. The first-order valence-electron chi connectivity index (χ1n) is 5.78. The van der Waals surface area contributed by atoms with Gasteiger partial charge in [-0.1, -0.05) is 23.7 Å². The Hall–Kier alpha value is -1.81. The lowest BCUT2D eigenvalue weighted by Gasteiger charge is -2.14. The molecule has 0 atom stereocenters. The minimum atomic E-state index is -0.393. The Kier molecular flexibility index (Phi) is 2.59. The molecule has 1 aliphatic rings. The van der Waals surface area contributed by atoms with E-state index in [0.29, 0.717) is 10.8 Å². The largest absolute Gasteiger partial charge is 0.310 e. The van der Waals surface area contributed by atoms with Crippen LogP contribution in [0.5, 0.6) is 0 Å². The van der Waals surface area contributed by atoms with Gasteiger partial charge in [0.15, 0.2) is 0 Å². The van der Waals surface area contributed by atoms with Crippen molar-refractivity contribution in [3.63, 3.8) is 0 Å². The molecule has 0 bridgehead atoms. The van der Waals surface area contributed by atoms with Crippen LogP contribution in [0.3, 0.4) is 0 Å². The van der Waals surface area contributed by atoms with Gasteiger partial charge < -0.3 is 5.32 Å². The van der Waals surface area contributed by atoms with Crippen LogP contribution in [-0.4, -0.2) is 16.1 Å². The number of amides is 1. The van der Waals surface area contributed by atoms with E-state index in [-0.39, 0.29) is 5.91 Å². The second-order valence-corrected chi connectivity index (χ2v) is 4.95. The van der Waals surface area contributed by atoms with Gasteiger partial charge in [0.1, 0.15) is 5.82 Å². The fourth-order valence-corrected chi connectivity index (χ4v) is 2.23. The van der Waals surface area contributed by atoms with Crippen molar-refractivity contribution in [1.82, 2.24) is 10.2 Å². The van der Waals surface area contributed by atoms with Crippen LogP contribution in [0.1, 0.15) is 18.4 Å². The third kappa shape index (κ3) is 1.88. The molecule has 0 saturated heterocycles. The zero-order valence-electron chi connectivity index (χ0n) is 9.61. The average Bonchev–Trinajstić information content (AvgIpc) is 3.03. The molecule has 1 saturated carbocycles. The number of rotatable bonds is 3. The Labute approximate surface area is 109 Å². The normalized spacial score (nSPS) is 16.3. The highest BCUT2D eigenvalue weighted by Crippen LogP contribution is 2.49. The van der Waals surface area contributed by atoms with Gasteiger partial charge in [0.25, 0.3) is 0 Å². The van der Waals surface area contributed by atoms with Crippen LogP contribution in [0, 0.1) is 0 Å². The van der Waals surface area contributed by atoms with E-state index in [1.165, 1.54) is 0 Å². The number of hydrogen-bond donors (Lipinski definition) is 2. The highest BCUT2D eigenvalue weighted by molar-refractivity contribution is 6.30. The summed E-state index contributed by atoms with van der Waals surface area (Å²) in [6.45, 7) is 0. The van der Waals surface area contributed by atoms with Crippen molar-refractivity contribution < 1.29 is 4.79 Å². The average molecular weight is 262 g/mol. The molecule has 1 aromatic heterocycles. The number of hydrogen-bond acceptors (Lipinski definition) is 2. The Bertz CT molecular complexity index is 558. The minimum absolute atomic E-state index is 0.00840. The van der Waals surface area contributed by atoms with Crippen LogP contribution in [-0.2, 0) is 10.2 Å². The molecule has 0 aliphatic heterocycles. The minimum Gasteiger partial charge on any atom is -0.310 e. The number of carbonyl (C=O) groups excluding carboxylic acids is 1. The number of carbonyl (C=O) groups is 1. The van der Waals surface area contributed by atoms with Gasteiger partial charge in [-0.05, 0) is 30.5 Å². The monoisotopic (exact) mass is 261 g/mol. The van der Waals surface area contributed by atoms with Gasteiger partial charge in [0.05, 0.1) is 11.6 Å². The molecule has 0 radical (unpaired) electrons. The first kappa shape index (κ1) is 11.3. The van der Waals surface area contributed by atoms with Gasteiger partial charge in [-0.3, -0.25) is 9.89 Å². The van der Waals surface area contributed by atoms with Gasteiger partial charge in [0.2, 0.25) is 5.91 Å². The summed E-state index contributed by atoms with van der Waals surface area (Å²) >= 11 is 5.86. The highest BCUT2D eigenvalue weighted by Gasteiger charge is 2.51. The highest BCUT2D eigenvalue weighted by atomic mass is 35.5. The lowest BCUT2D eigenvalue weighted by atomic mass is 9.95. The zero-order chi connectivity index (χ0) is 12.6. The van der Waals surface area contributed by atoms with Crippen molar-refractivity contribution in [3.05, 3.63) is 47.1 Å². The van der Waals surface area contributed by atoms with Crippen molar-refractivity contribution in [1.29, 1.82) is 0 Å². The SMILES string of the molecule is O=C(Nc1ccn[nH]1)C1(c2ccc(Cl)cc2)CC1. The molecule has 2 N–H and O–H groups in total. The molecule has 0 spiro atoms. The van der Waals surface area contributed by atoms with E-state index in [9.17, 15) is 4.79 Å². The van der Waals surface area contributed by atoms with Gasteiger partial charge in [-0.25, -0.2) is 0 Å². The van der Waals surface area contributed by atoms with Crippen molar-refractivity contribution in [2.24, 2.45) is 0 Å². The molecule has 4 nitrogen and oxygen atoms in total. The number of nitrogens with one attached hydrogen (secondary N) is 2. The van der Waals surface area contributed by atoms with Crippen LogP contribution >= 0.6 is 11.6 Å². The number of nitrogens with zero attached hydrogens (tertiary/aromatic N) is 1. The lowest BCUT2D eigenvalue weighted by molar-refractivity contribution is -0.118. The van der Waals surface area contributed by atoms with Gasteiger partial charge >= 0.3 is 0 Å². The summed E-state index contributed by atoms with van der Waals surface area (Å²) in [4.78, 5) is 12.3. The summed E-state index contributed by atoms with van der Waals surface area (Å²) in [5.41, 5.74) is 0.624. The Morgan fingerprint density at radius 3 is 2.56 bits per heavy atom. The van der Waals surface area contributed by atoms with E-state index >= 15 is 0 Å². The van der Waals surface area contributed by atoms with Crippen LogP contribution in [0.25, 0.3) is 0 Å². The maximum atomic E-state index is 12.3. The summed E-state index contributed by atoms with van der Waals surface area (Å²) in [6.07, 6.45) is 3.35. The zero-order valence-corrected chi connectivity index (χ0v) is 10.4. The van der Waals surface area contributed by atoms with Gasteiger partial charge in [-0.15, -0.1) is 0 Å². The van der Waals surface area contributed by atoms with E-state index < -0.39 is 5.41 Å². The van der Waals surface area contributed by atoms with E-state index in [4.69, 9.17) is 11.6 Å². The smallest absolute Gasteiger partial charge is 0.236 e. The standard InChI is InChI=1S/C13H12ClN3O/c14-10-3-1-9(2-4-10)13(6-7-13)12(18)16-11-5-8-15-17-11/h1-5,8H,6-7H2,(H2,15,16,17,18). The number of benzene rings is 1. The van der Waals surface area contributed by atoms with E-state index in [0.717, 1.165) is 18.4 Å². The number of anilines is 1. The fraction of sp³-hybridized carbons (Fsp3) is 0.231. The summed E-state index contributed by atoms with van der Waals surface area (Å²) in [5.74, 6) is 0.634. The molecule has 1 aliphatic carbocycles. The maximum absolute atomic E-state index is 12.3. The van der Waals surface area contributed by atoms with Crippen LogP contribution in [0.15, 0.2) is 36.5 Å². The quantitative estimate of drug-likeness (QED) is 0.893. The summed E-state index contributed by atoms with van der Waals surface area (Å²) < 4.78 is 0. The first-order chi connectivity index (χ1) is 8.71. The van der Waals surface area contributed by atoms with Crippen molar-refractivity contribution in [3.8, 4) is 0 Å². The van der Waals surface area contributed by atoms with Crippen LogP contribution in [0.2, 0.25) is 5.02 Å². The molecule has 1 fully saturated rings. The molecular formula is C13H12ClN3O. The van der Waals surface area contributed by atoms with E-state index in [1.807, 2.05) is 24.3 Å². The predicted octanol–water partition coefficient (Wildman–Crippen LogP) is 2.73. The second-order valence-electron chi connectivity index (χ2n) is 4.51. The summed E-state index contributed by atoms with van der Waals surface area (Å²) in [6, 6.07) is 9.21. The lowest BCUT2D eigenvalue weighted by Crippen LogP contribution is -2.27. The molecule has 92 valence electrons. The summed E-state index contributed by atoms with van der Waals surface area (Å²) in [7, 11) is 0. The Morgan fingerprint density at radius 1 is 1.28 bits per heavy atom. The topological polar surface area (TPSA) is 57.8 Å². The Balaban J connectivity index is 1.82. The number of aromatic amines is 1. The van der Waals surface area contributed by atoms with Crippen molar-refractivity contribution in [2.45, 2.75) is 18.3 Å². The molecule has 0 unspecified atom stereocenters. The van der Waals surface area contributed by atoms with Gasteiger partial charge in [0, 0.05) is 11.1 Å². The van der Waals surface area contributed by atoms with Crippen molar-refractivity contribution >= 4 is 23.3 Å². The predicted molar refractivity (Wildman–Crippen MR) is 69.6 cm³/mol. The maximum Gasteiger partial charge on any atom is 0.236 e. The van der Waals surface area contributed by atoms with Crippen LogP contribution < -0.4 is 5.32 Å². The molecule has 18 heavy (non-hydrogen) atoms. The molecule has 1 heterocycles. The molecule has 3 rings (SSSR count). The third-order valence-electron chi connectivity index (χ3n) is 3.33. The third-order valence-corrected chi connectivity index (χ3v) is 3.58. The molecular weight excluding hydrogens is 250 g/mol.